The Morgan fingerprint density at radius 3 is 0.968 bits per heavy atom. The smallest absolute Gasteiger partial charge is 0.235 e. The molecule has 0 aliphatic carbocycles. The molecule has 0 unspecified atom stereocenters. The van der Waals surface area contributed by atoms with Gasteiger partial charge in [-0.05, 0) is 142 Å². The predicted molar refractivity (Wildman–Crippen MR) is 392 cm³/mol. The highest BCUT2D eigenvalue weighted by atomic mass is 15.2. The number of para-hydroxylation sites is 6. The number of aromatic nitrogens is 6. The number of rotatable bonds is 10. The lowest BCUT2D eigenvalue weighted by molar-refractivity contribution is 0.995. The summed E-state index contributed by atoms with van der Waals surface area (Å²) >= 11 is 0. The van der Waals surface area contributed by atoms with Crippen molar-refractivity contribution in [3.63, 3.8) is 0 Å². The Bertz CT molecular complexity index is 6210. The van der Waals surface area contributed by atoms with Gasteiger partial charge in [0, 0.05) is 71.3 Å². The van der Waals surface area contributed by atoms with Gasteiger partial charge in [0.2, 0.25) is 5.95 Å². The van der Waals surface area contributed by atoms with Crippen LogP contribution in [0, 0.1) is 0 Å². The fourth-order valence-corrected chi connectivity index (χ4v) is 14.9. The van der Waals surface area contributed by atoms with Crippen molar-refractivity contribution in [3.05, 3.63) is 340 Å². The van der Waals surface area contributed by atoms with Gasteiger partial charge in [-0.1, -0.05) is 243 Å². The van der Waals surface area contributed by atoms with Crippen molar-refractivity contribution in [2.75, 3.05) is 0 Å². The van der Waals surface area contributed by atoms with Crippen LogP contribution in [-0.4, -0.2) is 28.2 Å². The molecule has 5 aromatic heterocycles. The highest BCUT2D eigenvalue weighted by Gasteiger charge is 2.23. The number of benzene rings is 14. The summed E-state index contributed by atoms with van der Waals surface area (Å²) < 4.78 is 9.51. The minimum atomic E-state index is 0.579. The monoisotopic (exact) mass is 1200 g/mol. The van der Waals surface area contributed by atoms with Crippen molar-refractivity contribution in [1.29, 1.82) is 0 Å². The predicted octanol–water partition coefficient (Wildman–Crippen LogP) is 22.9. The van der Waals surface area contributed by atoms with Crippen molar-refractivity contribution >= 4 is 87.2 Å². The first kappa shape index (κ1) is 53.2. The van der Waals surface area contributed by atoms with E-state index in [1.165, 1.54) is 48.9 Å². The van der Waals surface area contributed by atoms with Crippen LogP contribution in [0.4, 0.5) is 0 Å². The molecule has 0 N–H and O–H groups in total. The summed E-state index contributed by atoms with van der Waals surface area (Å²) in [4.78, 5) is 11.6. The molecular weight excluding hydrogens is 1140 g/mol. The first-order valence-corrected chi connectivity index (χ1v) is 32.1. The molecule has 0 saturated carbocycles. The van der Waals surface area contributed by atoms with Crippen molar-refractivity contribution in [2.45, 2.75) is 0 Å². The average Bonchev–Trinajstić information content (AvgIpc) is 1.56. The SMILES string of the molecule is c1ccc(-c2ccc(-c3ccccc3)c(-c3cc(-c4cccc(-n5c6ccccc6c6ccc(-c7ccc8c9ccccc9n(-c9ccccc9)c8c7)cc65)c4)nc(-n4c5ccccc5c5ccc(-c6ccc7c8ccccc8n(-c8ccccc8)c7c6)cc54)n3)c2)cc1. The van der Waals surface area contributed by atoms with Gasteiger partial charge in [0.05, 0.1) is 55.5 Å². The summed E-state index contributed by atoms with van der Waals surface area (Å²) in [6.07, 6.45) is 0. The molecule has 0 atom stereocenters. The maximum atomic E-state index is 5.79. The van der Waals surface area contributed by atoms with E-state index in [2.05, 4.69) is 358 Å². The molecule has 0 fully saturated rings. The Balaban J connectivity index is 0.818. The molecule has 0 aliphatic rings. The van der Waals surface area contributed by atoms with Crippen LogP contribution in [0.5, 0.6) is 0 Å². The van der Waals surface area contributed by atoms with E-state index in [0.717, 1.165) is 122 Å². The maximum Gasteiger partial charge on any atom is 0.235 e. The molecule has 6 nitrogen and oxygen atoms in total. The van der Waals surface area contributed by atoms with Crippen LogP contribution < -0.4 is 0 Å². The Hall–Kier alpha value is -12.6. The van der Waals surface area contributed by atoms with Gasteiger partial charge in [0.25, 0.3) is 0 Å². The molecular formula is C88H56N6. The average molecular weight is 1200 g/mol. The molecule has 5 heterocycles. The number of hydrogen-bond donors (Lipinski definition) is 0. The van der Waals surface area contributed by atoms with Gasteiger partial charge in [-0.3, -0.25) is 4.57 Å². The van der Waals surface area contributed by atoms with Gasteiger partial charge < -0.3 is 13.7 Å². The largest absolute Gasteiger partial charge is 0.309 e. The van der Waals surface area contributed by atoms with Crippen LogP contribution in [0.25, 0.3) is 177 Å². The molecule has 6 heteroatoms. The maximum absolute atomic E-state index is 5.79. The topological polar surface area (TPSA) is 45.5 Å². The zero-order chi connectivity index (χ0) is 61.8. The molecule has 19 aromatic rings. The summed E-state index contributed by atoms with van der Waals surface area (Å²) in [5, 5.41) is 9.53. The Kier molecular flexibility index (Phi) is 12.2. The fraction of sp³-hybridized carbons (Fsp3) is 0. The van der Waals surface area contributed by atoms with Crippen LogP contribution in [-0.2, 0) is 0 Å². The minimum absolute atomic E-state index is 0.579. The van der Waals surface area contributed by atoms with Crippen LogP contribution in [0.2, 0.25) is 0 Å². The van der Waals surface area contributed by atoms with Crippen LogP contribution in [0.1, 0.15) is 0 Å². The van der Waals surface area contributed by atoms with E-state index in [1.807, 2.05) is 0 Å². The van der Waals surface area contributed by atoms with E-state index in [-0.39, 0.29) is 0 Å². The summed E-state index contributed by atoms with van der Waals surface area (Å²) in [5.74, 6) is 0.579. The van der Waals surface area contributed by atoms with Crippen LogP contribution in [0.3, 0.4) is 0 Å². The second kappa shape index (κ2) is 21.5. The third-order valence-electron chi connectivity index (χ3n) is 19.2. The second-order valence-corrected chi connectivity index (χ2v) is 24.5. The minimum Gasteiger partial charge on any atom is -0.309 e. The molecule has 0 aliphatic heterocycles. The van der Waals surface area contributed by atoms with E-state index in [0.29, 0.717) is 5.95 Å². The lowest BCUT2D eigenvalue weighted by atomic mass is 9.92. The van der Waals surface area contributed by atoms with Crippen molar-refractivity contribution in [1.82, 2.24) is 28.2 Å². The van der Waals surface area contributed by atoms with Gasteiger partial charge in [-0.2, -0.15) is 0 Å². The molecule has 19 rings (SSSR count). The van der Waals surface area contributed by atoms with Crippen molar-refractivity contribution < 1.29 is 0 Å². The summed E-state index contributed by atoms with van der Waals surface area (Å²) in [6, 6.07) is 123. The van der Waals surface area contributed by atoms with Crippen molar-refractivity contribution in [2.24, 2.45) is 0 Å². The standard InChI is InChI=1S/C88H56N6/c1-5-22-57(23-6-1)59-40-45-68(58-24-7-2-8-25-58)77(51-59)79-56-78(89-88(90-79)94-83-39-20-16-35-72(83)76-49-44-63(55-87(76)94)61-42-47-74-70-33-14-18-37-81(70)92(85(74)53-61)66-29-11-4-12-30-66)64-26-21-31-67(50-64)93-82-38-19-15-34-71(82)75-48-43-62(54-86(75)93)60-41-46-73-69-32-13-17-36-80(69)91(84(73)52-60)65-27-9-3-10-28-65/h1-56H. The third kappa shape index (κ3) is 8.58. The van der Waals surface area contributed by atoms with Gasteiger partial charge in [-0.15, -0.1) is 0 Å². The van der Waals surface area contributed by atoms with Gasteiger partial charge in [0.15, 0.2) is 0 Å². The number of fused-ring (bicyclic) bond motifs is 12. The second-order valence-electron chi connectivity index (χ2n) is 24.5. The summed E-state index contributed by atoms with van der Waals surface area (Å²) in [5.41, 5.74) is 24.8. The summed E-state index contributed by atoms with van der Waals surface area (Å²) in [7, 11) is 0. The fourth-order valence-electron chi connectivity index (χ4n) is 14.9. The third-order valence-corrected chi connectivity index (χ3v) is 19.2. The molecule has 94 heavy (non-hydrogen) atoms. The normalized spacial score (nSPS) is 11.8. The molecule has 0 bridgehead atoms. The van der Waals surface area contributed by atoms with E-state index in [9.17, 15) is 0 Å². The number of hydrogen-bond acceptors (Lipinski definition) is 2. The highest BCUT2D eigenvalue weighted by molar-refractivity contribution is 6.14. The quantitative estimate of drug-likeness (QED) is 0.137. The van der Waals surface area contributed by atoms with Crippen molar-refractivity contribution in [3.8, 4) is 90.0 Å². The van der Waals surface area contributed by atoms with E-state index < -0.39 is 0 Å². The Morgan fingerprint density at radius 1 is 0.170 bits per heavy atom. The first-order valence-electron chi connectivity index (χ1n) is 32.1. The summed E-state index contributed by atoms with van der Waals surface area (Å²) in [6.45, 7) is 0. The van der Waals surface area contributed by atoms with E-state index >= 15 is 0 Å². The van der Waals surface area contributed by atoms with E-state index in [1.54, 1.807) is 0 Å². The molecule has 0 radical (unpaired) electrons. The van der Waals surface area contributed by atoms with Crippen LogP contribution >= 0.6 is 0 Å². The van der Waals surface area contributed by atoms with Crippen LogP contribution in [0.15, 0.2) is 340 Å². The zero-order valence-electron chi connectivity index (χ0n) is 51.0. The van der Waals surface area contributed by atoms with E-state index in [4.69, 9.17) is 9.97 Å². The Labute approximate surface area is 542 Å². The number of nitrogens with zero attached hydrogens (tertiary/aromatic N) is 6. The van der Waals surface area contributed by atoms with Gasteiger partial charge >= 0.3 is 0 Å². The first-order chi connectivity index (χ1) is 46.6. The molecule has 14 aromatic carbocycles. The molecule has 0 amide bonds. The lowest BCUT2D eigenvalue weighted by Gasteiger charge is -2.16. The molecule has 0 saturated heterocycles. The highest BCUT2D eigenvalue weighted by Crippen LogP contribution is 2.43. The van der Waals surface area contributed by atoms with Gasteiger partial charge in [0.1, 0.15) is 0 Å². The zero-order valence-corrected chi connectivity index (χ0v) is 51.0. The lowest BCUT2D eigenvalue weighted by Crippen LogP contribution is -2.05. The van der Waals surface area contributed by atoms with Gasteiger partial charge in [-0.25, -0.2) is 9.97 Å². The molecule has 0 spiro atoms. The molecule has 438 valence electrons. The Morgan fingerprint density at radius 2 is 0.500 bits per heavy atom.